The number of benzene rings is 1. The van der Waals surface area contributed by atoms with Crippen molar-refractivity contribution in [2.75, 3.05) is 7.05 Å². The molecule has 25 heavy (non-hydrogen) atoms. The predicted octanol–water partition coefficient (Wildman–Crippen LogP) is 2.64. The van der Waals surface area contributed by atoms with Gasteiger partial charge >= 0.3 is 0 Å². The van der Waals surface area contributed by atoms with Gasteiger partial charge < -0.3 is 9.73 Å². The lowest BCUT2D eigenvalue weighted by Crippen LogP contribution is -2.33. The molecular weight excluding hydrogens is 340 g/mol. The maximum atomic E-state index is 12.4. The molecule has 2 rings (SSSR count). The topological polar surface area (TPSA) is 79.6 Å². The molecule has 0 radical (unpaired) electrons. The SMILES string of the molecule is CC(C)N(C)S(=O)(=O)c1ccc(CNC(=O)C=Cc2ccco2)cc1. The summed E-state index contributed by atoms with van der Waals surface area (Å²) in [6.07, 6.45) is 4.49. The number of amides is 1. The van der Waals surface area contributed by atoms with Crippen molar-refractivity contribution >= 4 is 22.0 Å². The normalized spacial score (nSPS) is 12.2. The van der Waals surface area contributed by atoms with Gasteiger partial charge in [-0.3, -0.25) is 4.79 Å². The van der Waals surface area contributed by atoms with Crippen molar-refractivity contribution in [3.05, 3.63) is 60.1 Å². The first kappa shape index (κ1) is 19.0. The molecule has 1 aromatic heterocycles. The molecule has 0 aliphatic carbocycles. The van der Waals surface area contributed by atoms with Crippen LogP contribution in [-0.4, -0.2) is 31.7 Å². The summed E-state index contributed by atoms with van der Waals surface area (Å²) < 4.78 is 31.2. The number of hydrogen-bond acceptors (Lipinski definition) is 4. The lowest BCUT2D eigenvalue weighted by molar-refractivity contribution is -0.116. The first-order valence-corrected chi connectivity index (χ1v) is 9.31. The zero-order valence-corrected chi connectivity index (χ0v) is 15.3. The van der Waals surface area contributed by atoms with Crippen LogP contribution in [0.1, 0.15) is 25.2 Å². The highest BCUT2D eigenvalue weighted by Crippen LogP contribution is 2.17. The Labute approximate surface area is 148 Å². The summed E-state index contributed by atoms with van der Waals surface area (Å²) in [5.41, 5.74) is 0.811. The second-order valence-corrected chi connectivity index (χ2v) is 7.82. The van der Waals surface area contributed by atoms with Gasteiger partial charge in [0.15, 0.2) is 0 Å². The van der Waals surface area contributed by atoms with Crippen molar-refractivity contribution in [3.8, 4) is 0 Å². The van der Waals surface area contributed by atoms with E-state index >= 15 is 0 Å². The third kappa shape index (κ3) is 5.04. The Morgan fingerprint density at radius 3 is 2.48 bits per heavy atom. The summed E-state index contributed by atoms with van der Waals surface area (Å²) in [5.74, 6) is 0.339. The Kier molecular flexibility index (Phi) is 6.17. The van der Waals surface area contributed by atoms with E-state index in [-0.39, 0.29) is 16.8 Å². The van der Waals surface area contributed by atoms with Crippen LogP contribution in [0.5, 0.6) is 0 Å². The smallest absolute Gasteiger partial charge is 0.244 e. The highest BCUT2D eigenvalue weighted by atomic mass is 32.2. The van der Waals surface area contributed by atoms with Gasteiger partial charge in [-0.05, 0) is 49.8 Å². The number of carbonyl (C=O) groups excluding carboxylic acids is 1. The molecule has 1 heterocycles. The van der Waals surface area contributed by atoms with Crippen molar-refractivity contribution in [1.29, 1.82) is 0 Å². The second kappa shape index (κ2) is 8.13. The molecule has 1 aromatic carbocycles. The molecule has 0 unspecified atom stereocenters. The van der Waals surface area contributed by atoms with Crippen molar-refractivity contribution in [2.45, 2.75) is 31.3 Å². The second-order valence-electron chi connectivity index (χ2n) is 5.83. The van der Waals surface area contributed by atoms with Crippen LogP contribution in [0, 0.1) is 0 Å². The van der Waals surface area contributed by atoms with Crippen LogP contribution in [0.4, 0.5) is 0 Å². The highest BCUT2D eigenvalue weighted by molar-refractivity contribution is 7.89. The highest BCUT2D eigenvalue weighted by Gasteiger charge is 2.22. The van der Waals surface area contributed by atoms with Crippen molar-refractivity contribution < 1.29 is 17.6 Å². The maximum Gasteiger partial charge on any atom is 0.244 e. The Balaban J connectivity index is 1.95. The molecule has 0 spiro atoms. The Morgan fingerprint density at radius 2 is 1.92 bits per heavy atom. The first-order chi connectivity index (χ1) is 11.8. The maximum absolute atomic E-state index is 12.4. The minimum atomic E-state index is -3.50. The zero-order valence-electron chi connectivity index (χ0n) is 14.5. The molecule has 0 aliphatic rings. The van der Waals surface area contributed by atoms with Crippen molar-refractivity contribution in [3.63, 3.8) is 0 Å². The lowest BCUT2D eigenvalue weighted by Gasteiger charge is -2.21. The van der Waals surface area contributed by atoms with Gasteiger partial charge in [-0.2, -0.15) is 4.31 Å². The standard InChI is InChI=1S/C18H22N2O4S/c1-14(2)20(3)25(22,23)17-9-6-15(7-10-17)13-19-18(21)11-8-16-5-4-12-24-16/h4-12,14H,13H2,1-3H3,(H,19,21). The monoisotopic (exact) mass is 362 g/mol. The lowest BCUT2D eigenvalue weighted by atomic mass is 10.2. The molecule has 7 heteroatoms. The number of rotatable bonds is 7. The van der Waals surface area contributed by atoms with Gasteiger partial charge in [-0.1, -0.05) is 12.1 Å². The summed E-state index contributed by atoms with van der Waals surface area (Å²) in [6, 6.07) is 9.85. The zero-order chi connectivity index (χ0) is 18.4. The number of nitrogens with zero attached hydrogens (tertiary/aromatic N) is 1. The first-order valence-electron chi connectivity index (χ1n) is 7.87. The fraction of sp³-hybridized carbons (Fsp3) is 0.278. The molecule has 1 N–H and O–H groups in total. The van der Waals surface area contributed by atoms with Crippen LogP contribution in [0.15, 0.2) is 58.1 Å². The van der Waals surface area contributed by atoms with E-state index in [9.17, 15) is 13.2 Å². The molecule has 0 bridgehead atoms. The van der Waals surface area contributed by atoms with Crippen molar-refractivity contribution in [2.24, 2.45) is 0 Å². The molecule has 0 aliphatic heterocycles. The number of furan rings is 1. The summed E-state index contributed by atoms with van der Waals surface area (Å²) in [7, 11) is -1.94. The molecule has 0 saturated carbocycles. The van der Waals surface area contributed by atoms with E-state index in [0.29, 0.717) is 12.3 Å². The minimum Gasteiger partial charge on any atom is -0.465 e. The van der Waals surface area contributed by atoms with Gasteiger partial charge in [-0.15, -0.1) is 0 Å². The van der Waals surface area contributed by atoms with Gasteiger partial charge in [0.05, 0.1) is 11.2 Å². The van der Waals surface area contributed by atoms with Crippen LogP contribution in [0.25, 0.3) is 6.08 Å². The fourth-order valence-corrected chi connectivity index (χ4v) is 3.38. The molecular formula is C18H22N2O4S. The molecule has 6 nitrogen and oxygen atoms in total. The molecule has 0 saturated heterocycles. The molecule has 0 fully saturated rings. The average molecular weight is 362 g/mol. The van der Waals surface area contributed by atoms with E-state index in [1.807, 2.05) is 13.8 Å². The van der Waals surface area contributed by atoms with Gasteiger partial charge in [0, 0.05) is 25.7 Å². The van der Waals surface area contributed by atoms with E-state index in [1.165, 1.54) is 16.6 Å². The van der Waals surface area contributed by atoms with Gasteiger partial charge in [-0.25, -0.2) is 8.42 Å². The summed E-state index contributed by atoms with van der Waals surface area (Å²) in [6.45, 7) is 3.94. The Morgan fingerprint density at radius 1 is 1.24 bits per heavy atom. The molecule has 2 aromatic rings. The van der Waals surface area contributed by atoms with Gasteiger partial charge in [0.2, 0.25) is 15.9 Å². The van der Waals surface area contributed by atoms with Gasteiger partial charge in [0.25, 0.3) is 0 Å². The minimum absolute atomic E-state index is 0.120. The van der Waals surface area contributed by atoms with E-state index in [4.69, 9.17) is 4.42 Å². The fourth-order valence-electron chi connectivity index (χ4n) is 2.02. The van der Waals surface area contributed by atoms with E-state index < -0.39 is 10.0 Å². The van der Waals surface area contributed by atoms with Crippen molar-refractivity contribution in [1.82, 2.24) is 9.62 Å². The van der Waals surface area contributed by atoms with Crippen LogP contribution < -0.4 is 5.32 Å². The van der Waals surface area contributed by atoms with E-state index in [0.717, 1.165) is 5.56 Å². The molecule has 0 atom stereocenters. The largest absolute Gasteiger partial charge is 0.465 e. The van der Waals surface area contributed by atoms with Crippen LogP contribution >= 0.6 is 0 Å². The third-order valence-corrected chi connectivity index (χ3v) is 5.78. The van der Waals surface area contributed by atoms with Gasteiger partial charge in [0.1, 0.15) is 5.76 Å². The predicted molar refractivity (Wildman–Crippen MR) is 96.1 cm³/mol. The summed E-state index contributed by atoms with van der Waals surface area (Å²) >= 11 is 0. The molecule has 1 amide bonds. The van der Waals surface area contributed by atoms with Crippen LogP contribution in [0.3, 0.4) is 0 Å². The number of sulfonamides is 1. The molecule has 134 valence electrons. The van der Waals surface area contributed by atoms with E-state index in [1.54, 1.807) is 49.5 Å². The van der Waals surface area contributed by atoms with E-state index in [2.05, 4.69) is 5.32 Å². The average Bonchev–Trinajstić information content (AvgIpc) is 3.11. The van der Waals surface area contributed by atoms with Crippen LogP contribution in [-0.2, 0) is 21.4 Å². The number of nitrogens with one attached hydrogen (secondary N) is 1. The third-order valence-electron chi connectivity index (χ3n) is 3.74. The van der Waals surface area contributed by atoms with Crippen LogP contribution in [0.2, 0.25) is 0 Å². The summed E-state index contributed by atoms with van der Waals surface area (Å²) in [5, 5.41) is 2.73. The quantitative estimate of drug-likeness (QED) is 0.768. The summed E-state index contributed by atoms with van der Waals surface area (Å²) in [4.78, 5) is 12.0. The number of hydrogen-bond donors (Lipinski definition) is 1. The number of carbonyl (C=O) groups is 1. The Hall–Kier alpha value is -2.38. The Bertz CT molecular complexity index is 822.